The number of pyridine rings is 1. The lowest BCUT2D eigenvalue weighted by Gasteiger charge is -2.38. The number of hydrogen-bond donors (Lipinski definition) is 0. The average Bonchev–Trinajstić information content (AvgIpc) is 3.43. The van der Waals surface area contributed by atoms with E-state index in [-0.39, 0.29) is 39.9 Å². The Morgan fingerprint density at radius 2 is 1.73 bits per heavy atom. The molecule has 0 saturated carbocycles. The van der Waals surface area contributed by atoms with E-state index in [1.807, 2.05) is 12.1 Å². The molecule has 4 atom stereocenters. The van der Waals surface area contributed by atoms with Gasteiger partial charge >= 0.3 is 0 Å². The monoisotopic (exact) mass is 567 g/mol. The third-order valence-electron chi connectivity index (χ3n) is 7.89. The molecule has 202 valence electrons. The zero-order chi connectivity index (χ0) is 26.2. The predicted molar refractivity (Wildman–Crippen MR) is 143 cm³/mol. The van der Waals surface area contributed by atoms with Gasteiger partial charge in [-0.1, -0.05) is 23.7 Å². The largest absolute Gasteiger partial charge is 0.490 e. The number of rotatable bonds is 9. The normalized spacial score (nSPS) is 27.0. The second-order valence-corrected chi connectivity index (χ2v) is 14.6. The van der Waals surface area contributed by atoms with Crippen LogP contribution < -0.4 is 4.74 Å². The van der Waals surface area contributed by atoms with Gasteiger partial charge in [0.25, 0.3) is 0 Å². The molecule has 4 heterocycles. The summed E-state index contributed by atoms with van der Waals surface area (Å²) in [7, 11) is -7.20. The first-order valence-electron chi connectivity index (χ1n) is 13.0. The second-order valence-electron chi connectivity index (χ2n) is 10.4. The number of piperidine rings is 1. The Labute approximate surface area is 225 Å². The molecule has 3 aliphatic rings. The number of aryl methyl sites for hydroxylation is 1. The average molecular weight is 568 g/mol. The Balaban J connectivity index is 1.20. The predicted octanol–water partition coefficient (Wildman–Crippen LogP) is 4.38. The van der Waals surface area contributed by atoms with Crippen LogP contribution >= 0.6 is 11.6 Å². The summed E-state index contributed by atoms with van der Waals surface area (Å²) in [6, 6.07) is 8.44. The molecule has 0 spiro atoms. The van der Waals surface area contributed by atoms with E-state index in [2.05, 4.69) is 4.98 Å². The summed E-state index contributed by atoms with van der Waals surface area (Å²) in [5.41, 5.74) is 0.618. The second kappa shape index (κ2) is 10.8. The first kappa shape index (κ1) is 26.9. The van der Waals surface area contributed by atoms with E-state index in [1.54, 1.807) is 41.8 Å². The van der Waals surface area contributed by atoms with Crippen molar-refractivity contribution in [3.8, 4) is 5.75 Å². The van der Waals surface area contributed by atoms with Crippen molar-refractivity contribution in [3.05, 3.63) is 53.3 Å². The molecule has 0 aliphatic carbocycles. The Morgan fingerprint density at radius 1 is 1.03 bits per heavy atom. The van der Waals surface area contributed by atoms with E-state index in [9.17, 15) is 16.8 Å². The Morgan fingerprint density at radius 3 is 2.41 bits per heavy atom. The van der Waals surface area contributed by atoms with Crippen molar-refractivity contribution in [2.75, 3.05) is 12.3 Å². The van der Waals surface area contributed by atoms with E-state index in [1.165, 1.54) is 4.31 Å². The van der Waals surface area contributed by atoms with Crippen LogP contribution in [0.25, 0.3) is 0 Å². The number of hydrogen-bond acceptors (Lipinski definition) is 6. The summed E-state index contributed by atoms with van der Waals surface area (Å²) in [5, 5.41) is 0.222. The summed E-state index contributed by atoms with van der Waals surface area (Å²) < 4.78 is 63.1. The van der Waals surface area contributed by atoms with Crippen LogP contribution in [0, 0.1) is 6.92 Å². The Kier molecular flexibility index (Phi) is 7.85. The van der Waals surface area contributed by atoms with Crippen LogP contribution in [0.5, 0.6) is 5.75 Å². The lowest BCUT2D eigenvalue weighted by molar-refractivity contribution is 0.0956. The lowest BCUT2D eigenvalue weighted by atomic mass is 10.0. The highest BCUT2D eigenvalue weighted by Crippen LogP contribution is 2.40. The van der Waals surface area contributed by atoms with Gasteiger partial charge in [-0.2, -0.15) is 8.61 Å². The smallest absolute Gasteiger partial charge is 0.245 e. The Hall–Kier alpha value is -1.72. The molecule has 5 rings (SSSR count). The molecule has 0 amide bonds. The van der Waals surface area contributed by atoms with Gasteiger partial charge in [0.1, 0.15) is 16.7 Å². The molecule has 0 radical (unpaired) electrons. The number of ether oxygens (including phenoxy) is 1. The number of fused-ring (bicyclic) bond motifs is 2. The highest BCUT2D eigenvalue weighted by molar-refractivity contribution is 7.89. The van der Waals surface area contributed by atoms with Crippen molar-refractivity contribution < 1.29 is 21.6 Å². The first-order valence-corrected chi connectivity index (χ1v) is 16.4. The number of sulfonamides is 2. The molecule has 0 unspecified atom stereocenters. The minimum absolute atomic E-state index is 0.00290. The molecule has 3 saturated heterocycles. The molecule has 3 aliphatic heterocycles. The number of halogens is 1. The van der Waals surface area contributed by atoms with Crippen LogP contribution in [0.4, 0.5) is 0 Å². The quantitative estimate of drug-likeness (QED) is 0.446. The van der Waals surface area contributed by atoms with Gasteiger partial charge in [-0.3, -0.25) is 4.98 Å². The van der Waals surface area contributed by atoms with Crippen LogP contribution in [0.1, 0.15) is 56.9 Å². The fourth-order valence-corrected chi connectivity index (χ4v) is 10.9. The molecular formula is C26H34ClN3O5S2. The molecule has 1 aromatic heterocycles. The van der Waals surface area contributed by atoms with Crippen LogP contribution in [-0.4, -0.2) is 67.0 Å². The molecule has 1 aromatic carbocycles. The number of aromatic nitrogens is 1. The van der Waals surface area contributed by atoms with Gasteiger partial charge < -0.3 is 4.74 Å². The third-order valence-corrected chi connectivity index (χ3v) is 12.5. The maximum absolute atomic E-state index is 13.4. The SMILES string of the molecule is Cc1cccc(Cl)c1S(=O)(=O)N1CCC[C@H]1CCCS(=O)(=O)N1[C@@H]2CC[C@H]1C[C@H](Oc1ccncc1)C2. The van der Waals surface area contributed by atoms with Gasteiger partial charge in [0.05, 0.1) is 10.8 Å². The Bertz CT molecular complexity index is 1290. The minimum atomic E-state index is -3.75. The van der Waals surface area contributed by atoms with E-state index in [4.69, 9.17) is 16.3 Å². The third kappa shape index (κ3) is 5.54. The van der Waals surface area contributed by atoms with Crippen LogP contribution in [-0.2, 0) is 20.0 Å². The molecule has 8 nitrogen and oxygen atoms in total. The molecule has 11 heteroatoms. The lowest BCUT2D eigenvalue weighted by Crippen LogP contribution is -2.50. The van der Waals surface area contributed by atoms with Crippen molar-refractivity contribution in [3.63, 3.8) is 0 Å². The zero-order valence-electron chi connectivity index (χ0n) is 21.0. The molecular weight excluding hydrogens is 534 g/mol. The molecule has 3 fully saturated rings. The maximum Gasteiger partial charge on any atom is 0.245 e. The van der Waals surface area contributed by atoms with Gasteiger partial charge in [0.15, 0.2) is 0 Å². The maximum atomic E-state index is 13.4. The van der Waals surface area contributed by atoms with Gasteiger partial charge in [0.2, 0.25) is 20.0 Å². The topological polar surface area (TPSA) is 96.9 Å². The molecule has 2 aromatic rings. The van der Waals surface area contributed by atoms with Gasteiger partial charge in [-0.05, 0) is 69.2 Å². The van der Waals surface area contributed by atoms with E-state index in [0.29, 0.717) is 37.8 Å². The number of benzene rings is 1. The van der Waals surface area contributed by atoms with Gasteiger partial charge in [-0.15, -0.1) is 0 Å². The van der Waals surface area contributed by atoms with Crippen molar-refractivity contribution in [2.45, 2.75) is 87.4 Å². The molecule has 0 N–H and O–H groups in total. The summed E-state index contributed by atoms with van der Waals surface area (Å²) in [6.45, 7) is 2.18. The standard InChI is InChI=1S/C26H34ClN3O5S2/c1-19-5-2-8-25(27)26(19)37(33,34)29-15-3-6-20(29)7-4-16-36(31,32)30-21-9-10-22(30)18-24(17-21)35-23-11-13-28-14-12-23/h2,5,8,11-14,20-22,24H,3-4,6-7,9-10,15-18H2,1H3/t20-,21-,22+,24-/m0/s1. The molecule has 2 bridgehead atoms. The summed E-state index contributed by atoms with van der Waals surface area (Å²) in [5.74, 6) is 0.796. The van der Waals surface area contributed by atoms with E-state index >= 15 is 0 Å². The van der Waals surface area contributed by atoms with E-state index < -0.39 is 20.0 Å². The van der Waals surface area contributed by atoms with Crippen LogP contribution in [0.15, 0.2) is 47.6 Å². The van der Waals surface area contributed by atoms with Crippen LogP contribution in [0.3, 0.4) is 0 Å². The highest BCUT2D eigenvalue weighted by atomic mass is 35.5. The minimum Gasteiger partial charge on any atom is -0.490 e. The van der Waals surface area contributed by atoms with Crippen molar-refractivity contribution in [1.82, 2.24) is 13.6 Å². The van der Waals surface area contributed by atoms with Gasteiger partial charge in [0, 0.05) is 49.9 Å². The fraction of sp³-hybridized carbons (Fsp3) is 0.577. The van der Waals surface area contributed by atoms with Crippen molar-refractivity contribution >= 4 is 31.6 Å². The number of nitrogens with zero attached hydrogens (tertiary/aromatic N) is 3. The first-order chi connectivity index (χ1) is 17.7. The van der Waals surface area contributed by atoms with Gasteiger partial charge in [-0.25, -0.2) is 16.8 Å². The van der Waals surface area contributed by atoms with Crippen molar-refractivity contribution in [1.29, 1.82) is 0 Å². The van der Waals surface area contributed by atoms with E-state index in [0.717, 1.165) is 31.4 Å². The fourth-order valence-electron chi connectivity index (χ4n) is 6.33. The summed E-state index contributed by atoms with van der Waals surface area (Å²) in [4.78, 5) is 4.17. The zero-order valence-corrected chi connectivity index (χ0v) is 23.4. The summed E-state index contributed by atoms with van der Waals surface area (Å²) >= 11 is 6.28. The summed E-state index contributed by atoms with van der Waals surface area (Å²) in [6.07, 6.45) is 8.88. The van der Waals surface area contributed by atoms with Crippen molar-refractivity contribution in [2.24, 2.45) is 0 Å². The van der Waals surface area contributed by atoms with Crippen LogP contribution in [0.2, 0.25) is 5.02 Å². The highest BCUT2D eigenvalue weighted by Gasteiger charge is 2.47. The molecule has 37 heavy (non-hydrogen) atoms.